The number of aliphatic hydroxyl groups is 1. The molecule has 31 heavy (non-hydrogen) atoms. The van der Waals surface area contributed by atoms with Crippen molar-refractivity contribution in [2.24, 2.45) is 10.3 Å². The lowest BCUT2D eigenvalue weighted by molar-refractivity contribution is 0.0503. The summed E-state index contributed by atoms with van der Waals surface area (Å²) in [5.41, 5.74) is 1.97. The molecule has 2 atom stereocenters. The van der Waals surface area contributed by atoms with Crippen LogP contribution in [0.5, 0.6) is 5.75 Å². The van der Waals surface area contributed by atoms with E-state index < -0.39 is 28.3 Å². The maximum Gasteiger partial charge on any atom is 0.319 e. The summed E-state index contributed by atoms with van der Waals surface area (Å²) in [7, 11) is -2.93. The largest absolute Gasteiger partial charge is 0.493 e. The monoisotopic (exact) mass is 440 g/mol. The normalized spacial score (nSPS) is 17.4. The van der Waals surface area contributed by atoms with Gasteiger partial charge in [-0.2, -0.15) is 8.42 Å². The number of hydrogen-bond acceptors (Lipinski definition) is 6. The van der Waals surface area contributed by atoms with E-state index in [0.717, 1.165) is 17.8 Å². The van der Waals surface area contributed by atoms with Gasteiger partial charge >= 0.3 is 10.5 Å². The highest BCUT2D eigenvalue weighted by Gasteiger charge is 2.30. The van der Waals surface area contributed by atoms with Crippen molar-refractivity contribution in [3.8, 4) is 16.9 Å². The van der Waals surface area contributed by atoms with Crippen LogP contribution in [0.15, 0.2) is 65.2 Å². The molecular weight excluding hydrogens is 423 g/mol. The molecule has 0 saturated carbocycles. The lowest BCUT2D eigenvalue weighted by Gasteiger charge is -2.30. The Labute approximate surface area is 178 Å². The second kappa shape index (κ2) is 8.75. The molecule has 0 bridgehead atoms. The fourth-order valence-corrected chi connectivity index (χ4v) is 3.86. The van der Waals surface area contributed by atoms with Crippen LogP contribution >= 0.6 is 0 Å². The van der Waals surface area contributed by atoms with E-state index in [9.17, 15) is 22.7 Å². The molecule has 2 aromatic carbocycles. The van der Waals surface area contributed by atoms with E-state index in [1.54, 1.807) is 24.4 Å². The molecule has 0 aliphatic carbocycles. The Hall–Kier alpha value is -3.43. The van der Waals surface area contributed by atoms with Gasteiger partial charge in [-0.3, -0.25) is 9.78 Å². The summed E-state index contributed by atoms with van der Waals surface area (Å²) in [6, 6.07) is 13.8. The molecule has 158 valence electrons. The number of halogens is 1. The van der Waals surface area contributed by atoms with Crippen molar-refractivity contribution in [3.63, 3.8) is 0 Å². The summed E-state index contributed by atoms with van der Waals surface area (Å²) < 4.78 is 44.3. The highest BCUT2D eigenvalue weighted by atomic mass is 32.2. The number of nitrogens with zero attached hydrogens (tertiary/aromatic N) is 2. The topological polar surface area (TPSA) is 106 Å². The highest BCUT2D eigenvalue weighted by Crippen LogP contribution is 2.39. The van der Waals surface area contributed by atoms with Crippen LogP contribution in [0.4, 0.5) is 4.39 Å². The van der Waals surface area contributed by atoms with Gasteiger partial charge < -0.3 is 9.84 Å². The van der Waals surface area contributed by atoms with E-state index >= 15 is 0 Å². The molecule has 0 spiro atoms. The molecule has 1 amide bonds. The zero-order valence-electron chi connectivity index (χ0n) is 16.1. The van der Waals surface area contributed by atoms with E-state index in [2.05, 4.69) is 9.35 Å². The fraction of sp³-hybridized carbons (Fsp3) is 0.182. The molecule has 7 nitrogen and oxygen atoms in total. The summed E-state index contributed by atoms with van der Waals surface area (Å²) in [4.78, 5) is 16.4. The van der Waals surface area contributed by atoms with Crippen molar-refractivity contribution in [3.05, 3.63) is 83.4 Å². The zero-order valence-corrected chi connectivity index (χ0v) is 16.9. The molecular formula is C22H17FN2O5S. The van der Waals surface area contributed by atoms with Crippen molar-refractivity contribution in [2.45, 2.75) is 12.5 Å². The van der Waals surface area contributed by atoms with Gasteiger partial charge in [0, 0.05) is 23.4 Å². The standard InChI is InChI=1S/C22H17FN2O5S/c23-15-5-7-17(22(27)25-31(28)29)19(11-15)13-4-6-18-20(10-13)30-12-14(21(18)26)9-16-3-1-2-8-24-16/h1-8,10-11,14,21,26H,9,12H2/t14-,21+/m0/s1. The van der Waals surface area contributed by atoms with Gasteiger partial charge in [0.15, 0.2) is 0 Å². The Balaban J connectivity index is 1.67. The number of rotatable bonds is 4. The molecule has 1 N–H and O–H groups in total. The number of ether oxygens (including phenoxy) is 1. The van der Waals surface area contributed by atoms with Gasteiger partial charge in [-0.05, 0) is 53.9 Å². The molecule has 3 aromatic rings. The number of amides is 1. The van der Waals surface area contributed by atoms with Gasteiger partial charge in [-0.15, -0.1) is 0 Å². The molecule has 0 saturated heterocycles. The number of carbonyl (C=O) groups excluding carboxylic acids is 1. The average Bonchev–Trinajstić information content (AvgIpc) is 2.75. The Morgan fingerprint density at radius 1 is 1.19 bits per heavy atom. The first-order valence-corrected chi connectivity index (χ1v) is 10.5. The van der Waals surface area contributed by atoms with E-state index in [1.165, 1.54) is 6.07 Å². The summed E-state index contributed by atoms with van der Waals surface area (Å²) in [6.45, 7) is 0.258. The van der Waals surface area contributed by atoms with E-state index in [1.807, 2.05) is 18.2 Å². The summed E-state index contributed by atoms with van der Waals surface area (Å²) >= 11 is 0. The number of pyridine rings is 1. The lowest BCUT2D eigenvalue weighted by atomic mass is 9.88. The van der Waals surface area contributed by atoms with Gasteiger partial charge in [0.2, 0.25) is 0 Å². The number of aromatic nitrogens is 1. The molecule has 1 aromatic heterocycles. The summed E-state index contributed by atoms with van der Waals surface area (Å²) in [6.07, 6.45) is 1.45. The molecule has 1 aliphatic heterocycles. The first-order chi connectivity index (χ1) is 14.9. The van der Waals surface area contributed by atoms with Gasteiger partial charge in [-0.25, -0.2) is 4.39 Å². The van der Waals surface area contributed by atoms with Crippen LogP contribution in [0.25, 0.3) is 11.1 Å². The molecule has 4 rings (SSSR count). The van der Waals surface area contributed by atoms with Crippen molar-refractivity contribution in [1.29, 1.82) is 0 Å². The molecule has 0 radical (unpaired) electrons. The van der Waals surface area contributed by atoms with Gasteiger partial charge in [0.25, 0.3) is 5.91 Å². The smallest absolute Gasteiger partial charge is 0.319 e. The number of aliphatic hydroxyl groups excluding tert-OH is 1. The predicted molar refractivity (Wildman–Crippen MR) is 109 cm³/mol. The third-order valence-corrected chi connectivity index (χ3v) is 5.42. The van der Waals surface area contributed by atoms with Crippen LogP contribution < -0.4 is 4.74 Å². The van der Waals surface area contributed by atoms with E-state index in [4.69, 9.17) is 4.74 Å². The number of benzene rings is 2. The summed E-state index contributed by atoms with van der Waals surface area (Å²) in [5, 5.41) is 10.8. The minimum absolute atomic E-state index is 0.0602. The number of carbonyl (C=O) groups is 1. The summed E-state index contributed by atoms with van der Waals surface area (Å²) in [5.74, 6) is -1.37. The van der Waals surface area contributed by atoms with Crippen molar-refractivity contribution in [2.75, 3.05) is 6.61 Å². The van der Waals surface area contributed by atoms with Crippen molar-refractivity contribution < 1.29 is 27.4 Å². The fourth-order valence-electron chi connectivity index (χ4n) is 3.63. The quantitative estimate of drug-likeness (QED) is 0.667. The van der Waals surface area contributed by atoms with Crippen molar-refractivity contribution >= 4 is 16.4 Å². The zero-order chi connectivity index (χ0) is 22.0. The van der Waals surface area contributed by atoms with Crippen molar-refractivity contribution in [1.82, 2.24) is 4.98 Å². The molecule has 1 aliphatic rings. The second-order valence-corrected chi connectivity index (χ2v) is 7.71. The first-order valence-electron chi connectivity index (χ1n) is 9.42. The predicted octanol–water partition coefficient (Wildman–Crippen LogP) is 3.38. The van der Waals surface area contributed by atoms with Crippen LogP contribution in [-0.2, 0) is 16.9 Å². The minimum atomic E-state index is -2.93. The SMILES string of the molecule is O=C(N=S(=O)=O)c1ccc(F)cc1-c1ccc2c(c1)OC[C@H](Cc1ccccn1)[C@H]2O. The van der Waals surface area contributed by atoms with Gasteiger partial charge in [0.1, 0.15) is 11.6 Å². The maximum absolute atomic E-state index is 13.9. The second-order valence-electron chi connectivity index (χ2n) is 7.10. The van der Waals surface area contributed by atoms with Crippen LogP contribution in [0.2, 0.25) is 0 Å². The molecule has 0 fully saturated rings. The lowest BCUT2D eigenvalue weighted by Crippen LogP contribution is -2.28. The third-order valence-electron chi connectivity index (χ3n) is 5.11. The third kappa shape index (κ3) is 4.52. The Bertz CT molecular complexity index is 1270. The van der Waals surface area contributed by atoms with Crippen LogP contribution in [0, 0.1) is 11.7 Å². The minimum Gasteiger partial charge on any atom is -0.493 e. The van der Waals surface area contributed by atoms with Gasteiger partial charge in [-0.1, -0.05) is 22.6 Å². The first kappa shape index (κ1) is 20.8. The molecule has 2 heterocycles. The van der Waals surface area contributed by atoms with E-state index in [0.29, 0.717) is 23.3 Å². The highest BCUT2D eigenvalue weighted by molar-refractivity contribution is 7.62. The van der Waals surface area contributed by atoms with Crippen LogP contribution in [-0.4, -0.2) is 31.0 Å². The van der Waals surface area contributed by atoms with E-state index in [-0.39, 0.29) is 23.7 Å². The number of fused-ring (bicyclic) bond motifs is 1. The average molecular weight is 440 g/mol. The Morgan fingerprint density at radius 3 is 2.77 bits per heavy atom. The van der Waals surface area contributed by atoms with Gasteiger partial charge in [0.05, 0.1) is 18.3 Å². The maximum atomic E-state index is 13.9. The molecule has 0 unspecified atom stereocenters. The molecule has 9 heteroatoms. The Morgan fingerprint density at radius 2 is 2.03 bits per heavy atom. The number of hydrogen-bond donors (Lipinski definition) is 1. The van der Waals surface area contributed by atoms with Crippen LogP contribution in [0.3, 0.4) is 0 Å². The van der Waals surface area contributed by atoms with Crippen LogP contribution in [0.1, 0.15) is 27.7 Å². The Kier molecular flexibility index (Phi) is 5.88.